The van der Waals surface area contributed by atoms with E-state index >= 15 is 0 Å². The van der Waals surface area contributed by atoms with Crippen molar-refractivity contribution in [3.63, 3.8) is 0 Å². The molecule has 0 N–H and O–H groups in total. The summed E-state index contributed by atoms with van der Waals surface area (Å²) in [6.07, 6.45) is 5.06. The third-order valence-corrected chi connectivity index (χ3v) is 6.66. The van der Waals surface area contributed by atoms with Crippen LogP contribution >= 0.6 is 0 Å². The molecule has 7 heteroatoms. The normalized spacial score (nSPS) is 33.9. The smallest absolute Gasteiger partial charge is 0.223 e. The van der Waals surface area contributed by atoms with Gasteiger partial charge in [-0.2, -0.15) is 4.98 Å². The Kier molecular flexibility index (Phi) is 5.59. The largest absolute Gasteiger partial charge is 0.384 e. The van der Waals surface area contributed by atoms with Gasteiger partial charge in [-0.05, 0) is 38.1 Å². The van der Waals surface area contributed by atoms with Gasteiger partial charge in [0.1, 0.15) is 0 Å². The molecule has 2 aliphatic heterocycles. The molecule has 0 bridgehead atoms. The van der Waals surface area contributed by atoms with E-state index in [2.05, 4.69) is 19.9 Å². The second-order valence-corrected chi connectivity index (χ2v) is 8.30. The zero-order valence-corrected chi connectivity index (χ0v) is 16.2. The van der Waals surface area contributed by atoms with Gasteiger partial charge in [-0.3, -0.25) is 9.80 Å². The highest BCUT2D eigenvalue weighted by Crippen LogP contribution is 2.48. The van der Waals surface area contributed by atoms with Crippen LogP contribution in [0.25, 0.3) is 0 Å². The number of likely N-dealkylation sites (tertiary alicyclic amines) is 1. The van der Waals surface area contributed by atoms with E-state index in [1.54, 1.807) is 0 Å². The third-order valence-electron chi connectivity index (χ3n) is 6.66. The van der Waals surface area contributed by atoms with Gasteiger partial charge in [-0.1, -0.05) is 5.16 Å². The van der Waals surface area contributed by atoms with Crippen LogP contribution in [-0.4, -0.2) is 79.1 Å². The molecule has 1 aromatic heterocycles. The van der Waals surface area contributed by atoms with E-state index in [0.29, 0.717) is 5.89 Å². The number of methoxy groups -OCH3 is 1. The van der Waals surface area contributed by atoms with Crippen molar-refractivity contribution in [2.45, 2.75) is 45.2 Å². The molecule has 1 aliphatic carbocycles. The molecule has 146 valence electrons. The van der Waals surface area contributed by atoms with Crippen LogP contribution in [0.1, 0.15) is 37.4 Å². The Labute approximate surface area is 156 Å². The van der Waals surface area contributed by atoms with Gasteiger partial charge in [-0.15, -0.1) is 0 Å². The Morgan fingerprint density at radius 2 is 2.08 bits per heavy atom. The van der Waals surface area contributed by atoms with Gasteiger partial charge in [0, 0.05) is 45.1 Å². The number of aryl methyl sites for hydroxylation is 1. The van der Waals surface area contributed by atoms with Crippen LogP contribution in [0.3, 0.4) is 0 Å². The number of piperidine rings is 1. The Bertz CT molecular complexity index is 589. The summed E-state index contributed by atoms with van der Waals surface area (Å²) in [4.78, 5) is 9.54. The fourth-order valence-electron chi connectivity index (χ4n) is 5.39. The first-order valence-corrected chi connectivity index (χ1v) is 10.0. The first-order valence-electron chi connectivity index (χ1n) is 10.0. The maximum absolute atomic E-state index is 5.71. The van der Waals surface area contributed by atoms with Crippen LogP contribution in [0.15, 0.2) is 4.52 Å². The Balaban J connectivity index is 1.42. The van der Waals surface area contributed by atoms with E-state index in [9.17, 15) is 0 Å². The van der Waals surface area contributed by atoms with Crippen molar-refractivity contribution in [3.05, 3.63) is 11.7 Å². The summed E-state index contributed by atoms with van der Waals surface area (Å²) in [5.41, 5.74) is 0.272. The van der Waals surface area contributed by atoms with Crippen molar-refractivity contribution >= 4 is 0 Å². The maximum atomic E-state index is 5.71. The summed E-state index contributed by atoms with van der Waals surface area (Å²) in [6.45, 7) is 9.65. The van der Waals surface area contributed by atoms with E-state index in [4.69, 9.17) is 14.0 Å². The summed E-state index contributed by atoms with van der Waals surface area (Å²) in [5.74, 6) is 2.19. The first-order chi connectivity index (χ1) is 12.7. The van der Waals surface area contributed by atoms with Gasteiger partial charge >= 0.3 is 0 Å². The summed E-state index contributed by atoms with van der Waals surface area (Å²) < 4.78 is 16.4. The lowest BCUT2D eigenvalue weighted by Gasteiger charge is -2.54. The first kappa shape index (κ1) is 18.3. The molecule has 3 atom stereocenters. The Morgan fingerprint density at radius 1 is 1.23 bits per heavy atom. The SMILES string of the molecule is COC[C@]12CC[C@H](N3CCOCC3)C[C@@H]1CCN(Cc1noc(C)n1)C2. The molecular weight excluding hydrogens is 332 g/mol. The summed E-state index contributed by atoms with van der Waals surface area (Å²) in [5, 5.41) is 4.08. The zero-order chi connectivity index (χ0) is 18.0. The third kappa shape index (κ3) is 3.81. The monoisotopic (exact) mass is 364 g/mol. The van der Waals surface area contributed by atoms with E-state index in [1.807, 2.05) is 14.0 Å². The van der Waals surface area contributed by atoms with Crippen molar-refractivity contribution in [2.24, 2.45) is 11.3 Å². The second-order valence-electron chi connectivity index (χ2n) is 8.30. The molecule has 0 spiro atoms. The lowest BCUT2D eigenvalue weighted by Crippen LogP contribution is -2.56. The van der Waals surface area contributed by atoms with E-state index in [0.717, 1.165) is 70.3 Å². The van der Waals surface area contributed by atoms with Crippen molar-refractivity contribution in [2.75, 3.05) is 53.1 Å². The molecule has 4 rings (SSSR count). The number of ether oxygens (including phenoxy) is 2. The number of hydrogen-bond acceptors (Lipinski definition) is 7. The number of aromatic nitrogens is 2. The molecule has 7 nitrogen and oxygen atoms in total. The molecule has 1 aromatic rings. The van der Waals surface area contributed by atoms with Crippen LogP contribution in [0, 0.1) is 18.3 Å². The minimum absolute atomic E-state index is 0.272. The predicted molar refractivity (Wildman–Crippen MR) is 96.8 cm³/mol. The summed E-state index contributed by atoms with van der Waals surface area (Å²) >= 11 is 0. The highest BCUT2D eigenvalue weighted by atomic mass is 16.5. The predicted octanol–water partition coefficient (Wildman–Crippen LogP) is 1.72. The standard InChI is InChI=1S/C19H32N4O3/c1-15-20-18(21-26-15)12-22-6-4-16-11-17(23-7-9-25-10-8-23)3-5-19(16,13-22)14-24-2/h16-17H,3-14H2,1-2H3/t16-,17-,19+/m0/s1. The molecular formula is C19H32N4O3. The number of morpholine rings is 1. The van der Waals surface area contributed by atoms with Gasteiger partial charge in [-0.25, -0.2) is 0 Å². The molecule has 1 saturated carbocycles. The Morgan fingerprint density at radius 3 is 2.81 bits per heavy atom. The lowest BCUT2D eigenvalue weighted by atomic mass is 9.62. The zero-order valence-electron chi connectivity index (χ0n) is 16.2. The molecule has 0 aromatic carbocycles. The van der Waals surface area contributed by atoms with E-state index in [-0.39, 0.29) is 5.41 Å². The molecule has 2 saturated heterocycles. The van der Waals surface area contributed by atoms with E-state index in [1.165, 1.54) is 25.7 Å². The highest BCUT2D eigenvalue weighted by molar-refractivity contribution is 5.00. The van der Waals surface area contributed by atoms with Gasteiger partial charge < -0.3 is 14.0 Å². The molecule has 3 fully saturated rings. The van der Waals surface area contributed by atoms with Crippen LogP contribution in [0.4, 0.5) is 0 Å². The van der Waals surface area contributed by atoms with Gasteiger partial charge in [0.25, 0.3) is 0 Å². The topological polar surface area (TPSA) is 63.9 Å². The molecule has 26 heavy (non-hydrogen) atoms. The fraction of sp³-hybridized carbons (Fsp3) is 0.895. The van der Waals surface area contributed by atoms with Gasteiger partial charge in [0.15, 0.2) is 5.82 Å². The summed E-state index contributed by atoms with van der Waals surface area (Å²) in [6, 6.07) is 0.722. The second kappa shape index (κ2) is 7.92. The fourth-order valence-corrected chi connectivity index (χ4v) is 5.39. The number of nitrogens with zero attached hydrogens (tertiary/aromatic N) is 4. The van der Waals surface area contributed by atoms with E-state index < -0.39 is 0 Å². The molecule has 0 unspecified atom stereocenters. The van der Waals surface area contributed by atoms with Crippen LogP contribution in [0.2, 0.25) is 0 Å². The minimum atomic E-state index is 0.272. The summed E-state index contributed by atoms with van der Waals surface area (Å²) in [7, 11) is 1.85. The van der Waals surface area contributed by atoms with Crippen molar-refractivity contribution in [1.29, 1.82) is 0 Å². The highest BCUT2D eigenvalue weighted by Gasteiger charge is 2.48. The average molecular weight is 364 g/mol. The molecule has 3 heterocycles. The van der Waals surface area contributed by atoms with Crippen LogP contribution in [0.5, 0.6) is 0 Å². The number of fused-ring (bicyclic) bond motifs is 1. The van der Waals surface area contributed by atoms with Crippen LogP contribution < -0.4 is 0 Å². The Hall–Kier alpha value is -1.02. The van der Waals surface area contributed by atoms with Crippen LogP contribution in [-0.2, 0) is 16.0 Å². The van der Waals surface area contributed by atoms with Crippen molar-refractivity contribution in [3.8, 4) is 0 Å². The average Bonchev–Trinajstić information content (AvgIpc) is 3.07. The molecule has 0 amide bonds. The van der Waals surface area contributed by atoms with Crippen molar-refractivity contribution < 1.29 is 14.0 Å². The number of rotatable bonds is 5. The molecule has 3 aliphatic rings. The van der Waals surface area contributed by atoms with Gasteiger partial charge in [0.2, 0.25) is 5.89 Å². The maximum Gasteiger partial charge on any atom is 0.223 e. The molecule has 0 radical (unpaired) electrons. The number of hydrogen-bond donors (Lipinski definition) is 0. The quantitative estimate of drug-likeness (QED) is 0.788. The van der Waals surface area contributed by atoms with Gasteiger partial charge in [0.05, 0.1) is 26.4 Å². The lowest BCUT2D eigenvalue weighted by molar-refractivity contribution is -0.0875. The van der Waals surface area contributed by atoms with Crippen molar-refractivity contribution in [1.82, 2.24) is 19.9 Å². The minimum Gasteiger partial charge on any atom is -0.384 e.